The zero-order valence-electron chi connectivity index (χ0n) is 23.0. The molecule has 3 N–H and O–H groups in total. The van der Waals surface area contributed by atoms with Crippen LogP contribution in [0.1, 0.15) is 36.6 Å². The number of nitrogens with zero attached hydrogens (tertiary/aromatic N) is 7. The van der Waals surface area contributed by atoms with Gasteiger partial charge in [-0.2, -0.15) is 9.55 Å². The fourth-order valence-corrected chi connectivity index (χ4v) is 5.68. The van der Waals surface area contributed by atoms with Gasteiger partial charge in [-0.05, 0) is 50.1 Å². The maximum absolute atomic E-state index is 10.4. The van der Waals surface area contributed by atoms with E-state index in [9.17, 15) is 10.2 Å². The highest BCUT2D eigenvalue weighted by Gasteiger charge is 2.29. The highest BCUT2D eigenvalue weighted by molar-refractivity contribution is 5.80. The Morgan fingerprint density at radius 1 is 1.02 bits per heavy atom. The molecule has 5 aromatic rings. The fraction of sp³-hybridized carbons (Fsp3) is 0.400. The third-order valence-corrected chi connectivity index (χ3v) is 7.97. The molecule has 1 aliphatic carbocycles. The first-order chi connectivity index (χ1) is 20.1. The molecular weight excluding hydrogens is 520 g/mol. The molecule has 0 atom stereocenters. The molecule has 1 saturated heterocycles. The van der Waals surface area contributed by atoms with Crippen molar-refractivity contribution < 1.29 is 19.5 Å². The van der Waals surface area contributed by atoms with E-state index < -0.39 is 0 Å². The standard InChI is InChI=1S/C30H34N8O3/c39-28-3-1-9-31-25(28)20-37-26-7-4-21(17-23(26)33-29(37)32-10-2-11-35-13-15-41-16-14-35)18-36-12-8-27-24(19-36)34-30(40)38(27)22-5-6-22/h1,3-4,7-9,12,17,19,22H,2,5-6,10-11,13-16,18,20H2,(H2-,32,33,34,39,40)/p+1. The minimum absolute atomic E-state index is 0.0936. The molecule has 2 aliphatic rings. The summed E-state index contributed by atoms with van der Waals surface area (Å²) in [5.41, 5.74) is 5.33. The maximum Gasteiger partial charge on any atom is 0.295 e. The second-order valence-corrected chi connectivity index (χ2v) is 10.9. The van der Waals surface area contributed by atoms with Crippen LogP contribution in [0.2, 0.25) is 0 Å². The summed E-state index contributed by atoms with van der Waals surface area (Å²) in [6, 6.07) is 12.2. The molecule has 0 spiro atoms. The first-order valence-corrected chi connectivity index (χ1v) is 14.4. The number of anilines is 1. The first-order valence-electron chi connectivity index (χ1n) is 14.4. The van der Waals surface area contributed by atoms with Crippen LogP contribution in [-0.2, 0) is 17.8 Å². The molecule has 1 aliphatic heterocycles. The van der Waals surface area contributed by atoms with Crippen LogP contribution < -0.4 is 9.88 Å². The fourth-order valence-electron chi connectivity index (χ4n) is 5.68. The number of aromatic hydroxyl groups is 2. The van der Waals surface area contributed by atoms with Crippen LogP contribution >= 0.6 is 0 Å². The third kappa shape index (κ3) is 5.42. The highest BCUT2D eigenvalue weighted by Crippen LogP contribution is 2.40. The van der Waals surface area contributed by atoms with E-state index in [2.05, 4.69) is 47.5 Å². The third-order valence-electron chi connectivity index (χ3n) is 7.97. The van der Waals surface area contributed by atoms with E-state index >= 15 is 0 Å². The Morgan fingerprint density at radius 2 is 1.90 bits per heavy atom. The minimum atomic E-state index is 0.0936. The molecule has 0 amide bonds. The van der Waals surface area contributed by atoms with Crippen LogP contribution in [0.4, 0.5) is 5.95 Å². The number of rotatable bonds is 10. The number of ether oxygens (including phenoxy) is 1. The SMILES string of the molecule is Oc1cccnc1Cn1c(NCCCN2CCOCC2)nc2cc(C[n+]3ccc4c(c3)nc(O)n4C3CC3)ccc21. The van der Waals surface area contributed by atoms with Crippen molar-refractivity contribution in [3.05, 3.63) is 66.2 Å². The first kappa shape index (κ1) is 25.7. The van der Waals surface area contributed by atoms with Crippen molar-refractivity contribution >= 4 is 28.0 Å². The molecule has 11 heteroatoms. The summed E-state index contributed by atoms with van der Waals surface area (Å²) >= 11 is 0. The van der Waals surface area contributed by atoms with Gasteiger partial charge in [0, 0.05) is 43.5 Å². The van der Waals surface area contributed by atoms with Gasteiger partial charge in [-0.3, -0.25) is 14.5 Å². The van der Waals surface area contributed by atoms with E-state index in [1.54, 1.807) is 18.3 Å². The van der Waals surface area contributed by atoms with Crippen LogP contribution in [0.5, 0.6) is 11.8 Å². The van der Waals surface area contributed by atoms with E-state index in [-0.39, 0.29) is 11.8 Å². The second-order valence-electron chi connectivity index (χ2n) is 10.9. The predicted octanol–water partition coefficient (Wildman–Crippen LogP) is 3.05. The number of imidazole rings is 2. The quantitative estimate of drug-likeness (QED) is 0.178. The molecule has 7 rings (SSSR count). The van der Waals surface area contributed by atoms with Crippen molar-refractivity contribution in [2.45, 2.75) is 38.4 Å². The lowest BCUT2D eigenvalue weighted by Crippen LogP contribution is -2.37. The van der Waals surface area contributed by atoms with Gasteiger partial charge in [-0.25, -0.2) is 4.98 Å². The Labute approximate surface area is 237 Å². The summed E-state index contributed by atoms with van der Waals surface area (Å²) in [5.74, 6) is 0.936. The number of hydrogen-bond donors (Lipinski definition) is 3. The van der Waals surface area contributed by atoms with Gasteiger partial charge in [0.05, 0.1) is 36.3 Å². The van der Waals surface area contributed by atoms with Gasteiger partial charge in [0.15, 0.2) is 24.5 Å². The van der Waals surface area contributed by atoms with Crippen molar-refractivity contribution in [2.75, 3.05) is 44.7 Å². The monoisotopic (exact) mass is 555 g/mol. The summed E-state index contributed by atoms with van der Waals surface area (Å²) in [4.78, 5) is 16.2. The number of nitrogens with one attached hydrogen (secondary N) is 1. The van der Waals surface area contributed by atoms with Crippen LogP contribution in [0.15, 0.2) is 55.0 Å². The molecule has 0 bridgehead atoms. The molecule has 0 radical (unpaired) electrons. The molecule has 1 aromatic carbocycles. The molecule has 4 aromatic heterocycles. The van der Waals surface area contributed by atoms with Crippen LogP contribution in [0.25, 0.3) is 22.1 Å². The van der Waals surface area contributed by atoms with Gasteiger partial charge < -0.3 is 24.8 Å². The number of pyridine rings is 2. The maximum atomic E-state index is 10.4. The van der Waals surface area contributed by atoms with Crippen molar-refractivity contribution in [2.24, 2.45) is 0 Å². The number of fused-ring (bicyclic) bond motifs is 2. The lowest BCUT2D eigenvalue weighted by Gasteiger charge is -2.26. The smallest absolute Gasteiger partial charge is 0.295 e. The zero-order valence-corrected chi connectivity index (χ0v) is 23.0. The molecule has 0 unspecified atom stereocenters. The average Bonchev–Trinajstić information content (AvgIpc) is 3.68. The van der Waals surface area contributed by atoms with Crippen molar-refractivity contribution in [1.29, 1.82) is 0 Å². The Kier molecular flexibility index (Phi) is 6.89. The number of benzene rings is 1. The van der Waals surface area contributed by atoms with E-state index in [0.29, 0.717) is 24.8 Å². The normalized spacial score (nSPS) is 16.1. The van der Waals surface area contributed by atoms with Crippen LogP contribution in [0.3, 0.4) is 0 Å². The average molecular weight is 556 g/mol. The van der Waals surface area contributed by atoms with E-state index in [0.717, 1.165) is 92.2 Å². The van der Waals surface area contributed by atoms with Gasteiger partial charge in [0.25, 0.3) is 6.01 Å². The molecule has 11 nitrogen and oxygen atoms in total. The summed E-state index contributed by atoms with van der Waals surface area (Å²) in [6.07, 6.45) is 8.90. The Hall–Kier alpha value is -4.22. The highest BCUT2D eigenvalue weighted by atomic mass is 16.5. The van der Waals surface area contributed by atoms with Gasteiger partial charge in [0.1, 0.15) is 11.4 Å². The molecule has 1 saturated carbocycles. The molecule has 212 valence electrons. The Balaban J connectivity index is 1.13. The number of aromatic nitrogens is 6. The van der Waals surface area contributed by atoms with E-state index in [4.69, 9.17) is 9.72 Å². The molecule has 2 fully saturated rings. The van der Waals surface area contributed by atoms with Crippen molar-refractivity contribution in [3.63, 3.8) is 0 Å². The lowest BCUT2D eigenvalue weighted by atomic mass is 10.2. The van der Waals surface area contributed by atoms with E-state index in [1.807, 2.05) is 23.0 Å². The predicted molar refractivity (Wildman–Crippen MR) is 154 cm³/mol. The zero-order chi connectivity index (χ0) is 27.8. The Bertz CT molecular complexity index is 1690. The largest absolute Gasteiger partial charge is 0.506 e. The van der Waals surface area contributed by atoms with Crippen molar-refractivity contribution in [1.82, 2.24) is 29.0 Å². The summed E-state index contributed by atoms with van der Waals surface area (Å²) in [6.45, 7) is 6.43. The second kappa shape index (κ2) is 11.0. The summed E-state index contributed by atoms with van der Waals surface area (Å²) in [7, 11) is 0. The number of hydrogen-bond acceptors (Lipinski definition) is 8. The molecular formula is C30H35N8O3+. The Morgan fingerprint density at radius 3 is 2.73 bits per heavy atom. The van der Waals surface area contributed by atoms with Crippen LogP contribution in [0, 0.1) is 0 Å². The van der Waals surface area contributed by atoms with Gasteiger partial charge in [-0.1, -0.05) is 6.07 Å². The lowest BCUT2D eigenvalue weighted by molar-refractivity contribution is -0.687. The summed E-state index contributed by atoms with van der Waals surface area (Å²) in [5, 5.41) is 24.3. The van der Waals surface area contributed by atoms with Gasteiger partial charge >= 0.3 is 0 Å². The van der Waals surface area contributed by atoms with Gasteiger partial charge in [0.2, 0.25) is 5.95 Å². The topological polar surface area (TPSA) is 117 Å². The summed E-state index contributed by atoms with van der Waals surface area (Å²) < 4.78 is 11.6. The molecule has 5 heterocycles. The van der Waals surface area contributed by atoms with Gasteiger partial charge in [-0.15, -0.1) is 0 Å². The van der Waals surface area contributed by atoms with E-state index in [1.165, 1.54) is 0 Å². The van der Waals surface area contributed by atoms with Crippen molar-refractivity contribution in [3.8, 4) is 11.8 Å². The molecule has 41 heavy (non-hydrogen) atoms. The number of morpholine rings is 1. The minimum Gasteiger partial charge on any atom is -0.506 e. The van der Waals surface area contributed by atoms with Crippen LogP contribution in [-0.4, -0.2) is 78.6 Å².